The Morgan fingerprint density at radius 1 is 0.976 bits per heavy atom. The number of hydrogen-bond acceptors (Lipinski definition) is 5. The average molecular weight is 573 g/mol. The second-order valence-electron chi connectivity index (χ2n) is 9.60. The van der Waals surface area contributed by atoms with E-state index in [0.29, 0.717) is 40.8 Å². The van der Waals surface area contributed by atoms with Crippen molar-refractivity contribution in [3.05, 3.63) is 123 Å². The van der Waals surface area contributed by atoms with Crippen LogP contribution in [-0.4, -0.2) is 33.7 Å². The fraction of sp³-hybridized carbons (Fsp3) is 0.242. The third-order valence-corrected chi connectivity index (χ3v) is 7.04. The molecule has 0 aliphatic rings. The summed E-state index contributed by atoms with van der Waals surface area (Å²) >= 11 is 6.49. The highest BCUT2D eigenvalue weighted by Crippen LogP contribution is 2.25. The van der Waals surface area contributed by atoms with Gasteiger partial charge in [-0.25, -0.2) is 14.6 Å². The quantitative estimate of drug-likeness (QED) is 0.137. The zero-order valence-electron chi connectivity index (χ0n) is 23.2. The van der Waals surface area contributed by atoms with Crippen molar-refractivity contribution in [2.45, 2.75) is 45.8 Å². The van der Waals surface area contributed by atoms with Crippen molar-refractivity contribution in [2.75, 3.05) is 7.11 Å². The number of rotatable bonds is 13. The number of carbonyl (C=O) groups is 2. The Kier molecular flexibility index (Phi) is 10.3. The molecule has 0 unspecified atom stereocenters. The van der Waals surface area contributed by atoms with Crippen LogP contribution in [0.5, 0.6) is 5.75 Å². The number of aromatic nitrogens is 2. The van der Waals surface area contributed by atoms with Crippen LogP contribution < -0.4 is 4.74 Å². The highest BCUT2D eigenvalue weighted by molar-refractivity contribution is 6.31. The summed E-state index contributed by atoms with van der Waals surface area (Å²) in [6.45, 7) is 2.43. The number of unbranched alkanes of at least 4 members (excludes halogenated alkanes) is 1. The molecule has 1 aromatic heterocycles. The van der Waals surface area contributed by atoms with E-state index in [0.717, 1.165) is 29.5 Å². The lowest BCUT2D eigenvalue weighted by Gasteiger charge is -2.14. The van der Waals surface area contributed by atoms with E-state index in [-0.39, 0.29) is 18.7 Å². The molecule has 0 aliphatic heterocycles. The minimum Gasteiger partial charge on any atom is -0.497 e. The Morgan fingerprint density at radius 3 is 2.34 bits per heavy atom. The molecular formula is C33H33ClN2O5. The number of carbonyl (C=O) groups excluding carboxylic acids is 1. The van der Waals surface area contributed by atoms with Crippen molar-refractivity contribution in [1.29, 1.82) is 0 Å². The van der Waals surface area contributed by atoms with Gasteiger partial charge in [-0.3, -0.25) is 0 Å². The number of methoxy groups -OCH3 is 1. The molecule has 0 aliphatic carbocycles. The fourth-order valence-electron chi connectivity index (χ4n) is 4.44. The molecule has 0 saturated heterocycles. The number of hydrogen-bond donors (Lipinski definition) is 1. The third kappa shape index (κ3) is 7.86. The lowest BCUT2D eigenvalue weighted by molar-refractivity contribution is -0.140. The van der Waals surface area contributed by atoms with Gasteiger partial charge < -0.3 is 19.1 Å². The van der Waals surface area contributed by atoms with E-state index in [1.54, 1.807) is 31.4 Å². The van der Waals surface area contributed by atoms with Crippen LogP contribution in [0.1, 0.15) is 58.5 Å². The van der Waals surface area contributed by atoms with Gasteiger partial charge in [0, 0.05) is 23.4 Å². The summed E-state index contributed by atoms with van der Waals surface area (Å²) in [6.07, 6.45) is 4.20. The number of carboxylic acid groups (broad SMARTS) is 1. The maximum Gasteiger partial charge on any atom is 0.356 e. The van der Waals surface area contributed by atoms with Crippen LogP contribution in [0.4, 0.5) is 0 Å². The standard InChI is InChI=1S/C33H33ClN2O5/c1-3-4-14-30-35-31(32(37)38)29(36(30)21-25-12-8-9-13-28(25)34)20-26(19-23-10-6-5-7-11-23)33(39)41-22-24-15-17-27(40-2)18-16-24/h5-13,15-18,20H,3-4,14,19,21-22H2,1-2H3,(H,37,38). The molecule has 0 atom stereocenters. The maximum absolute atomic E-state index is 13.5. The second kappa shape index (κ2) is 14.3. The molecule has 0 fully saturated rings. The second-order valence-corrected chi connectivity index (χ2v) is 10.0. The number of imidazole rings is 1. The van der Waals surface area contributed by atoms with Crippen LogP contribution >= 0.6 is 11.6 Å². The average Bonchev–Trinajstić information content (AvgIpc) is 3.33. The van der Waals surface area contributed by atoms with E-state index in [2.05, 4.69) is 11.9 Å². The van der Waals surface area contributed by atoms with Crippen molar-refractivity contribution in [1.82, 2.24) is 9.55 Å². The molecule has 212 valence electrons. The number of carboxylic acids is 1. The number of nitrogens with zero attached hydrogens (tertiary/aromatic N) is 2. The molecule has 0 bridgehead atoms. The van der Waals surface area contributed by atoms with Crippen molar-refractivity contribution >= 4 is 29.6 Å². The fourth-order valence-corrected chi connectivity index (χ4v) is 4.64. The van der Waals surface area contributed by atoms with Crippen LogP contribution in [0.3, 0.4) is 0 Å². The summed E-state index contributed by atoms with van der Waals surface area (Å²) < 4.78 is 12.8. The van der Waals surface area contributed by atoms with Crippen LogP contribution in [0.2, 0.25) is 5.02 Å². The summed E-state index contributed by atoms with van der Waals surface area (Å²) in [5.41, 5.74) is 3.04. The van der Waals surface area contributed by atoms with Crippen molar-refractivity contribution in [2.24, 2.45) is 0 Å². The third-order valence-electron chi connectivity index (χ3n) is 6.67. The van der Waals surface area contributed by atoms with Gasteiger partial charge in [-0.15, -0.1) is 0 Å². The van der Waals surface area contributed by atoms with E-state index >= 15 is 0 Å². The molecular weight excluding hydrogens is 540 g/mol. The molecule has 3 aromatic carbocycles. The SMILES string of the molecule is CCCCc1nc(C(=O)O)c(C=C(Cc2ccccc2)C(=O)OCc2ccc(OC)cc2)n1Cc1ccccc1Cl. The van der Waals surface area contributed by atoms with Crippen LogP contribution in [0, 0.1) is 0 Å². The van der Waals surface area contributed by atoms with Gasteiger partial charge in [-0.2, -0.15) is 0 Å². The number of aryl methyl sites for hydroxylation is 1. The van der Waals surface area contributed by atoms with Gasteiger partial charge in [-0.1, -0.05) is 85.6 Å². The minimum absolute atomic E-state index is 0.0569. The Labute approximate surface area is 245 Å². The Balaban J connectivity index is 1.77. The summed E-state index contributed by atoms with van der Waals surface area (Å²) in [5, 5.41) is 10.7. The lowest BCUT2D eigenvalue weighted by atomic mass is 10.0. The van der Waals surface area contributed by atoms with Gasteiger partial charge in [0.05, 0.1) is 19.3 Å². The monoisotopic (exact) mass is 572 g/mol. The summed E-state index contributed by atoms with van der Waals surface area (Å²) in [6, 6.07) is 24.2. The number of ether oxygens (including phenoxy) is 2. The van der Waals surface area contributed by atoms with Gasteiger partial charge in [0.1, 0.15) is 18.2 Å². The smallest absolute Gasteiger partial charge is 0.356 e. The van der Waals surface area contributed by atoms with Gasteiger partial charge in [0.2, 0.25) is 0 Å². The van der Waals surface area contributed by atoms with Crippen molar-refractivity contribution in [3.8, 4) is 5.75 Å². The maximum atomic E-state index is 13.5. The summed E-state index contributed by atoms with van der Waals surface area (Å²) in [4.78, 5) is 30.4. The molecule has 4 aromatic rings. The Bertz CT molecular complexity index is 1510. The van der Waals surface area contributed by atoms with Gasteiger partial charge >= 0.3 is 11.9 Å². The van der Waals surface area contributed by atoms with Crippen molar-refractivity contribution < 1.29 is 24.2 Å². The van der Waals surface area contributed by atoms with Gasteiger partial charge in [-0.05, 0) is 47.4 Å². The highest BCUT2D eigenvalue weighted by atomic mass is 35.5. The predicted octanol–water partition coefficient (Wildman–Crippen LogP) is 7.00. The summed E-state index contributed by atoms with van der Waals surface area (Å²) in [5.74, 6) is -0.378. The van der Waals surface area contributed by atoms with E-state index in [9.17, 15) is 14.7 Å². The molecule has 0 amide bonds. The van der Waals surface area contributed by atoms with E-state index in [4.69, 9.17) is 21.1 Å². The lowest BCUT2D eigenvalue weighted by Crippen LogP contribution is -2.13. The number of halogens is 1. The van der Waals surface area contributed by atoms with Gasteiger partial charge in [0.25, 0.3) is 0 Å². The first kappa shape index (κ1) is 29.6. The van der Waals surface area contributed by atoms with Crippen LogP contribution in [0.25, 0.3) is 6.08 Å². The zero-order chi connectivity index (χ0) is 29.2. The number of aromatic carboxylic acids is 1. The molecule has 0 spiro atoms. The van der Waals surface area contributed by atoms with E-state index in [1.807, 2.05) is 65.2 Å². The largest absolute Gasteiger partial charge is 0.497 e. The van der Waals surface area contributed by atoms with Gasteiger partial charge in [0.15, 0.2) is 5.69 Å². The first-order valence-corrected chi connectivity index (χ1v) is 13.9. The van der Waals surface area contributed by atoms with E-state index < -0.39 is 11.9 Å². The Morgan fingerprint density at radius 2 is 1.68 bits per heavy atom. The minimum atomic E-state index is -1.17. The van der Waals surface area contributed by atoms with E-state index in [1.165, 1.54) is 0 Å². The zero-order valence-corrected chi connectivity index (χ0v) is 23.9. The molecule has 7 nitrogen and oxygen atoms in total. The Hall–Kier alpha value is -4.36. The predicted molar refractivity (Wildman–Crippen MR) is 159 cm³/mol. The molecule has 0 radical (unpaired) electrons. The molecule has 8 heteroatoms. The number of esters is 1. The normalized spacial score (nSPS) is 11.3. The van der Waals surface area contributed by atoms with Crippen molar-refractivity contribution in [3.63, 3.8) is 0 Å². The molecule has 41 heavy (non-hydrogen) atoms. The van der Waals surface area contributed by atoms with Crippen LogP contribution in [0.15, 0.2) is 84.4 Å². The molecule has 4 rings (SSSR count). The highest BCUT2D eigenvalue weighted by Gasteiger charge is 2.23. The number of benzene rings is 3. The topological polar surface area (TPSA) is 90.7 Å². The molecule has 1 heterocycles. The molecule has 0 saturated carbocycles. The summed E-state index contributed by atoms with van der Waals surface area (Å²) in [7, 11) is 1.59. The molecule has 1 N–H and O–H groups in total. The first-order chi connectivity index (χ1) is 19.9. The first-order valence-electron chi connectivity index (χ1n) is 13.5. The van der Waals surface area contributed by atoms with Crippen LogP contribution in [-0.2, 0) is 35.5 Å².